The van der Waals surface area contributed by atoms with Gasteiger partial charge in [0, 0.05) is 23.4 Å². The molecule has 1 aromatic carbocycles. The van der Waals surface area contributed by atoms with Crippen LogP contribution >= 0.6 is 0 Å². The van der Waals surface area contributed by atoms with Crippen molar-refractivity contribution in [1.82, 2.24) is 9.97 Å². The minimum absolute atomic E-state index is 0.864. The number of nitrogens with one attached hydrogen (secondary N) is 1. The Labute approximate surface area is 120 Å². The SMILES string of the molecule is CCNc1nc(-c2cc(C)ccc2C)nc2c1CCC2. The third-order valence-corrected chi connectivity index (χ3v) is 3.91. The number of fused-ring (bicyclic) bond motifs is 1. The van der Waals surface area contributed by atoms with Gasteiger partial charge in [-0.3, -0.25) is 0 Å². The van der Waals surface area contributed by atoms with E-state index in [1.807, 2.05) is 0 Å². The van der Waals surface area contributed by atoms with Gasteiger partial charge < -0.3 is 5.32 Å². The zero-order valence-corrected chi connectivity index (χ0v) is 12.5. The predicted octanol–water partition coefficient (Wildman–Crippen LogP) is 3.68. The number of benzene rings is 1. The van der Waals surface area contributed by atoms with Crippen LogP contribution < -0.4 is 5.32 Å². The molecule has 3 heteroatoms. The smallest absolute Gasteiger partial charge is 0.162 e. The summed E-state index contributed by atoms with van der Waals surface area (Å²) in [5, 5.41) is 3.40. The Kier molecular flexibility index (Phi) is 3.43. The van der Waals surface area contributed by atoms with Crippen LogP contribution in [0, 0.1) is 13.8 Å². The number of hydrogen-bond donors (Lipinski definition) is 1. The van der Waals surface area contributed by atoms with Gasteiger partial charge in [0.25, 0.3) is 0 Å². The summed E-state index contributed by atoms with van der Waals surface area (Å²) >= 11 is 0. The number of anilines is 1. The fraction of sp³-hybridized carbons (Fsp3) is 0.412. The molecule has 0 atom stereocenters. The molecular weight excluding hydrogens is 246 g/mol. The van der Waals surface area contributed by atoms with Crippen LogP contribution in [0.5, 0.6) is 0 Å². The average molecular weight is 267 g/mol. The Morgan fingerprint density at radius 2 is 2.00 bits per heavy atom. The monoisotopic (exact) mass is 267 g/mol. The van der Waals surface area contributed by atoms with Crippen LogP contribution in [-0.2, 0) is 12.8 Å². The first-order chi connectivity index (χ1) is 9.69. The normalized spacial score (nSPS) is 13.3. The van der Waals surface area contributed by atoms with Crippen LogP contribution in [0.15, 0.2) is 18.2 Å². The topological polar surface area (TPSA) is 37.8 Å². The molecular formula is C17H21N3. The first kappa shape index (κ1) is 13.1. The molecule has 0 saturated heterocycles. The maximum atomic E-state index is 4.82. The molecule has 1 N–H and O–H groups in total. The second-order valence-electron chi connectivity index (χ2n) is 5.52. The van der Waals surface area contributed by atoms with Gasteiger partial charge in [-0.25, -0.2) is 9.97 Å². The van der Waals surface area contributed by atoms with Gasteiger partial charge >= 0.3 is 0 Å². The summed E-state index contributed by atoms with van der Waals surface area (Å²) in [4.78, 5) is 9.60. The summed E-state index contributed by atoms with van der Waals surface area (Å²) in [7, 11) is 0. The maximum Gasteiger partial charge on any atom is 0.162 e. The highest BCUT2D eigenvalue weighted by Gasteiger charge is 2.20. The van der Waals surface area contributed by atoms with Crippen LogP contribution in [-0.4, -0.2) is 16.5 Å². The largest absolute Gasteiger partial charge is 0.370 e. The van der Waals surface area contributed by atoms with Gasteiger partial charge in [0.1, 0.15) is 5.82 Å². The first-order valence-corrected chi connectivity index (χ1v) is 7.40. The quantitative estimate of drug-likeness (QED) is 0.921. The van der Waals surface area contributed by atoms with E-state index in [9.17, 15) is 0 Å². The highest BCUT2D eigenvalue weighted by molar-refractivity contribution is 5.64. The number of hydrogen-bond acceptors (Lipinski definition) is 3. The van der Waals surface area contributed by atoms with Crippen molar-refractivity contribution in [2.45, 2.75) is 40.0 Å². The van der Waals surface area contributed by atoms with Crippen molar-refractivity contribution in [3.63, 3.8) is 0 Å². The van der Waals surface area contributed by atoms with E-state index in [0.29, 0.717) is 0 Å². The summed E-state index contributed by atoms with van der Waals surface area (Å²) in [5.74, 6) is 1.90. The van der Waals surface area contributed by atoms with Crippen molar-refractivity contribution in [3.05, 3.63) is 40.6 Å². The fourth-order valence-electron chi connectivity index (χ4n) is 2.84. The number of rotatable bonds is 3. The van der Waals surface area contributed by atoms with E-state index < -0.39 is 0 Å². The molecule has 0 radical (unpaired) electrons. The Bertz CT molecular complexity index is 647. The third kappa shape index (κ3) is 2.28. The first-order valence-electron chi connectivity index (χ1n) is 7.40. The molecule has 0 unspecified atom stereocenters. The van der Waals surface area contributed by atoms with Crippen molar-refractivity contribution in [3.8, 4) is 11.4 Å². The van der Waals surface area contributed by atoms with Gasteiger partial charge in [-0.2, -0.15) is 0 Å². The van der Waals surface area contributed by atoms with Gasteiger partial charge in [-0.15, -0.1) is 0 Å². The number of aromatic nitrogens is 2. The molecule has 0 bridgehead atoms. The second-order valence-corrected chi connectivity index (χ2v) is 5.52. The molecule has 1 aromatic heterocycles. The third-order valence-electron chi connectivity index (χ3n) is 3.91. The lowest BCUT2D eigenvalue weighted by Crippen LogP contribution is -2.07. The molecule has 1 aliphatic carbocycles. The molecule has 2 aromatic rings. The zero-order valence-electron chi connectivity index (χ0n) is 12.5. The summed E-state index contributed by atoms with van der Waals surface area (Å²) in [6.45, 7) is 7.25. The van der Waals surface area contributed by atoms with Gasteiger partial charge in [-0.05, 0) is 51.7 Å². The highest BCUT2D eigenvalue weighted by Crippen LogP contribution is 2.30. The van der Waals surface area contributed by atoms with Crippen molar-refractivity contribution >= 4 is 5.82 Å². The number of aryl methyl sites for hydroxylation is 3. The fourth-order valence-corrected chi connectivity index (χ4v) is 2.84. The Morgan fingerprint density at radius 3 is 2.80 bits per heavy atom. The summed E-state index contributed by atoms with van der Waals surface area (Å²) < 4.78 is 0. The summed E-state index contributed by atoms with van der Waals surface area (Å²) in [5.41, 5.74) is 6.18. The maximum absolute atomic E-state index is 4.82. The second kappa shape index (κ2) is 5.23. The van der Waals surface area contributed by atoms with Gasteiger partial charge in [0.2, 0.25) is 0 Å². The van der Waals surface area contributed by atoms with Gasteiger partial charge in [0.15, 0.2) is 5.82 Å². The van der Waals surface area contributed by atoms with E-state index in [0.717, 1.165) is 36.6 Å². The van der Waals surface area contributed by atoms with E-state index in [1.54, 1.807) is 0 Å². The molecule has 104 valence electrons. The minimum atomic E-state index is 0.864. The molecule has 1 aliphatic rings. The highest BCUT2D eigenvalue weighted by atomic mass is 15.0. The lowest BCUT2D eigenvalue weighted by molar-refractivity contribution is 0.899. The van der Waals surface area contributed by atoms with Crippen LogP contribution in [0.25, 0.3) is 11.4 Å². The lowest BCUT2D eigenvalue weighted by Gasteiger charge is -2.12. The van der Waals surface area contributed by atoms with Crippen molar-refractivity contribution in [2.75, 3.05) is 11.9 Å². The van der Waals surface area contributed by atoms with E-state index in [4.69, 9.17) is 9.97 Å². The molecule has 20 heavy (non-hydrogen) atoms. The molecule has 3 nitrogen and oxygen atoms in total. The Morgan fingerprint density at radius 1 is 1.15 bits per heavy atom. The van der Waals surface area contributed by atoms with E-state index in [1.165, 1.54) is 28.8 Å². The zero-order chi connectivity index (χ0) is 14.1. The van der Waals surface area contributed by atoms with Crippen molar-refractivity contribution < 1.29 is 0 Å². The van der Waals surface area contributed by atoms with E-state index >= 15 is 0 Å². The molecule has 0 fully saturated rings. The standard InChI is InChI=1S/C17H21N3/c1-4-18-16-13-6-5-7-15(13)19-17(20-16)14-10-11(2)8-9-12(14)3/h8-10H,4-7H2,1-3H3,(H,18,19,20). The molecule has 3 rings (SSSR count). The molecule has 1 heterocycles. The number of nitrogens with zero attached hydrogens (tertiary/aromatic N) is 2. The van der Waals surface area contributed by atoms with Gasteiger partial charge in [0.05, 0.1) is 0 Å². The molecule has 0 spiro atoms. The Balaban J connectivity index is 2.14. The van der Waals surface area contributed by atoms with Crippen LogP contribution in [0.3, 0.4) is 0 Å². The Hall–Kier alpha value is -1.90. The summed E-state index contributed by atoms with van der Waals surface area (Å²) in [6, 6.07) is 6.47. The minimum Gasteiger partial charge on any atom is -0.370 e. The predicted molar refractivity (Wildman–Crippen MR) is 83.1 cm³/mol. The van der Waals surface area contributed by atoms with Gasteiger partial charge in [-0.1, -0.05) is 17.7 Å². The van der Waals surface area contributed by atoms with Crippen LogP contribution in [0.2, 0.25) is 0 Å². The van der Waals surface area contributed by atoms with E-state index in [-0.39, 0.29) is 0 Å². The lowest BCUT2D eigenvalue weighted by atomic mass is 10.0. The molecule has 0 aliphatic heterocycles. The van der Waals surface area contributed by atoms with E-state index in [2.05, 4.69) is 44.3 Å². The van der Waals surface area contributed by atoms with Crippen molar-refractivity contribution in [1.29, 1.82) is 0 Å². The molecule has 0 saturated carbocycles. The van der Waals surface area contributed by atoms with Crippen LogP contribution in [0.1, 0.15) is 35.7 Å². The van der Waals surface area contributed by atoms with Crippen molar-refractivity contribution in [2.24, 2.45) is 0 Å². The van der Waals surface area contributed by atoms with Crippen LogP contribution in [0.4, 0.5) is 5.82 Å². The molecule has 0 amide bonds. The summed E-state index contributed by atoms with van der Waals surface area (Å²) in [6.07, 6.45) is 3.37. The average Bonchev–Trinajstić information content (AvgIpc) is 2.90.